The van der Waals surface area contributed by atoms with Crippen LogP contribution in [0.15, 0.2) is 23.8 Å². The second-order valence-electron chi connectivity index (χ2n) is 6.80. The van der Waals surface area contributed by atoms with E-state index in [4.69, 9.17) is 4.74 Å². The molecule has 0 aromatic heterocycles. The molecule has 0 bridgehead atoms. The summed E-state index contributed by atoms with van der Waals surface area (Å²) in [5, 5.41) is 5.78. The lowest BCUT2D eigenvalue weighted by Gasteiger charge is -2.34. The first-order valence-corrected chi connectivity index (χ1v) is 8.34. The molecule has 23 heavy (non-hydrogen) atoms. The van der Waals surface area contributed by atoms with Crippen LogP contribution in [-0.4, -0.2) is 29.7 Å². The maximum Gasteiger partial charge on any atom is 0.408 e. The zero-order chi connectivity index (χ0) is 17.6. The Kier molecular flexibility index (Phi) is 6.85. The van der Waals surface area contributed by atoms with Gasteiger partial charge in [0.2, 0.25) is 5.91 Å². The highest BCUT2D eigenvalue weighted by Gasteiger charge is 2.33. The summed E-state index contributed by atoms with van der Waals surface area (Å²) in [6.45, 7) is 11.4. The summed E-state index contributed by atoms with van der Waals surface area (Å²) >= 11 is 0. The van der Waals surface area contributed by atoms with Crippen molar-refractivity contribution in [2.24, 2.45) is 5.92 Å². The molecule has 0 radical (unpaired) electrons. The molecule has 0 aromatic carbocycles. The minimum absolute atomic E-state index is 0.0338. The lowest BCUT2D eigenvalue weighted by Crippen LogP contribution is -2.56. The average Bonchev–Trinajstić information content (AvgIpc) is 2.46. The molecule has 1 unspecified atom stereocenters. The van der Waals surface area contributed by atoms with Gasteiger partial charge in [-0.15, -0.1) is 0 Å². The number of hydrogen-bond donors (Lipinski definition) is 2. The summed E-state index contributed by atoms with van der Waals surface area (Å²) in [5.74, 6) is -0.214. The molecule has 2 amide bonds. The molecule has 1 rings (SSSR count). The quantitative estimate of drug-likeness (QED) is 0.788. The predicted octanol–water partition coefficient (Wildman–Crippen LogP) is 3.32. The zero-order valence-electron chi connectivity index (χ0n) is 15.1. The lowest BCUT2D eigenvalue weighted by molar-refractivity contribution is -0.125. The van der Waals surface area contributed by atoms with E-state index in [1.807, 2.05) is 39.8 Å². The molecular formula is C18H30N2O3. The fourth-order valence-electron chi connectivity index (χ4n) is 2.45. The van der Waals surface area contributed by atoms with E-state index in [-0.39, 0.29) is 23.5 Å². The van der Waals surface area contributed by atoms with Gasteiger partial charge in [0.15, 0.2) is 0 Å². The summed E-state index contributed by atoms with van der Waals surface area (Å²) in [4.78, 5) is 24.5. The van der Waals surface area contributed by atoms with Crippen LogP contribution in [0.5, 0.6) is 0 Å². The van der Waals surface area contributed by atoms with Crippen molar-refractivity contribution in [2.45, 2.75) is 72.1 Å². The zero-order valence-corrected chi connectivity index (χ0v) is 15.1. The van der Waals surface area contributed by atoms with Gasteiger partial charge in [-0.2, -0.15) is 0 Å². The smallest absolute Gasteiger partial charge is 0.408 e. The number of allylic oxidation sites excluding steroid dienone is 2. The largest absolute Gasteiger partial charge is 0.447 e. The second kappa shape index (κ2) is 8.18. The summed E-state index contributed by atoms with van der Waals surface area (Å²) < 4.78 is 5.08. The number of ether oxygens (including phenoxy) is 1. The van der Waals surface area contributed by atoms with Crippen LogP contribution in [0, 0.1) is 5.92 Å². The Morgan fingerprint density at radius 2 is 1.96 bits per heavy atom. The van der Waals surface area contributed by atoms with E-state index in [0.717, 1.165) is 12.8 Å². The molecule has 0 aliphatic heterocycles. The van der Waals surface area contributed by atoms with Gasteiger partial charge in [-0.1, -0.05) is 44.6 Å². The Morgan fingerprint density at radius 1 is 1.30 bits per heavy atom. The van der Waals surface area contributed by atoms with Crippen LogP contribution in [0.25, 0.3) is 0 Å². The molecule has 0 fully saturated rings. The van der Waals surface area contributed by atoms with Crippen LogP contribution in [0.4, 0.5) is 4.79 Å². The Morgan fingerprint density at radius 3 is 2.39 bits per heavy atom. The molecule has 0 spiro atoms. The van der Waals surface area contributed by atoms with Crippen LogP contribution in [-0.2, 0) is 9.53 Å². The van der Waals surface area contributed by atoms with Crippen molar-refractivity contribution in [1.82, 2.24) is 10.6 Å². The van der Waals surface area contributed by atoms with Crippen LogP contribution < -0.4 is 10.6 Å². The Bertz CT molecular complexity index is 494. The van der Waals surface area contributed by atoms with Gasteiger partial charge in [0.1, 0.15) is 6.04 Å². The molecule has 5 nitrogen and oxygen atoms in total. The third-order valence-electron chi connectivity index (χ3n) is 4.02. The van der Waals surface area contributed by atoms with E-state index in [1.165, 1.54) is 5.57 Å². The fraction of sp³-hybridized carbons (Fsp3) is 0.667. The Labute approximate surface area is 139 Å². The number of carbonyl (C=O) groups is 2. The first kappa shape index (κ1) is 19.3. The summed E-state index contributed by atoms with van der Waals surface area (Å²) in [6.07, 6.45) is 6.96. The third-order valence-corrected chi connectivity index (χ3v) is 4.02. The van der Waals surface area contributed by atoms with Crippen molar-refractivity contribution in [3.05, 3.63) is 23.8 Å². The van der Waals surface area contributed by atoms with E-state index in [9.17, 15) is 9.59 Å². The van der Waals surface area contributed by atoms with E-state index >= 15 is 0 Å². The van der Waals surface area contributed by atoms with Gasteiger partial charge >= 0.3 is 6.09 Å². The van der Waals surface area contributed by atoms with Gasteiger partial charge in [-0.3, -0.25) is 4.79 Å². The van der Waals surface area contributed by atoms with Crippen LogP contribution in [0.3, 0.4) is 0 Å². The predicted molar refractivity (Wildman–Crippen MR) is 92.1 cm³/mol. The minimum atomic E-state index is -0.620. The van der Waals surface area contributed by atoms with Crippen LogP contribution in [0.1, 0.15) is 54.4 Å². The van der Waals surface area contributed by atoms with E-state index in [1.54, 1.807) is 13.8 Å². The fourth-order valence-corrected chi connectivity index (χ4v) is 2.45. The maximum absolute atomic E-state index is 12.7. The van der Waals surface area contributed by atoms with Gasteiger partial charge in [0.25, 0.3) is 0 Å². The number of amides is 2. The first-order valence-electron chi connectivity index (χ1n) is 8.34. The number of nitrogens with one attached hydrogen (secondary N) is 2. The molecular weight excluding hydrogens is 292 g/mol. The van der Waals surface area contributed by atoms with Crippen molar-refractivity contribution in [2.75, 3.05) is 0 Å². The third kappa shape index (κ3) is 5.73. The molecule has 0 heterocycles. The highest BCUT2D eigenvalue weighted by atomic mass is 16.6. The SMILES string of the molecule is CCC1(NC(=O)[C@@H](NC(=O)OC(C)C)C(C)C)C=CC(C)=CC1. The van der Waals surface area contributed by atoms with E-state index in [0.29, 0.717) is 0 Å². The molecule has 5 heteroatoms. The summed E-state index contributed by atoms with van der Waals surface area (Å²) in [5.41, 5.74) is 0.815. The van der Waals surface area contributed by atoms with Crippen molar-refractivity contribution < 1.29 is 14.3 Å². The monoisotopic (exact) mass is 322 g/mol. The summed E-state index contributed by atoms with van der Waals surface area (Å²) in [7, 11) is 0. The highest BCUT2D eigenvalue weighted by molar-refractivity contribution is 5.86. The van der Waals surface area contributed by atoms with Gasteiger partial charge < -0.3 is 15.4 Å². The molecule has 0 saturated carbocycles. The molecule has 130 valence electrons. The van der Waals surface area contributed by atoms with Crippen LogP contribution in [0.2, 0.25) is 0 Å². The van der Waals surface area contributed by atoms with Crippen molar-refractivity contribution in [3.63, 3.8) is 0 Å². The van der Waals surface area contributed by atoms with Gasteiger partial charge in [0, 0.05) is 0 Å². The molecule has 1 aliphatic carbocycles. The molecule has 1 aliphatic rings. The first-order chi connectivity index (χ1) is 10.7. The van der Waals surface area contributed by atoms with E-state index in [2.05, 4.69) is 16.7 Å². The highest BCUT2D eigenvalue weighted by Crippen LogP contribution is 2.24. The normalized spacial score (nSPS) is 21.8. The summed E-state index contributed by atoms with van der Waals surface area (Å²) in [6, 6.07) is -0.620. The number of alkyl carbamates (subject to hydrolysis) is 1. The lowest BCUT2D eigenvalue weighted by atomic mass is 9.86. The van der Waals surface area contributed by atoms with Crippen molar-refractivity contribution in [1.29, 1.82) is 0 Å². The average molecular weight is 322 g/mol. The van der Waals surface area contributed by atoms with Gasteiger partial charge in [-0.05, 0) is 39.5 Å². The topological polar surface area (TPSA) is 67.4 Å². The second-order valence-corrected chi connectivity index (χ2v) is 6.80. The van der Waals surface area contributed by atoms with Gasteiger partial charge in [-0.25, -0.2) is 4.79 Å². The Balaban J connectivity index is 2.78. The van der Waals surface area contributed by atoms with Crippen molar-refractivity contribution >= 4 is 12.0 Å². The number of hydrogen-bond acceptors (Lipinski definition) is 3. The van der Waals surface area contributed by atoms with Gasteiger partial charge in [0.05, 0.1) is 11.6 Å². The van der Waals surface area contributed by atoms with Crippen molar-refractivity contribution in [3.8, 4) is 0 Å². The van der Waals surface area contributed by atoms with Crippen LogP contribution >= 0.6 is 0 Å². The molecule has 0 aromatic rings. The standard InChI is InChI=1S/C18H30N2O3/c1-7-18(10-8-14(6)9-11-18)20-16(21)15(12(2)3)19-17(22)23-13(4)5/h8-10,12-13,15H,7,11H2,1-6H3,(H,19,22)(H,20,21)/t15-,18?/m0/s1. The molecule has 2 atom stereocenters. The molecule has 0 saturated heterocycles. The minimum Gasteiger partial charge on any atom is -0.447 e. The number of carbonyl (C=O) groups excluding carboxylic acids is 2. The Hall–Kier alpha value is -1.78. The molecule has 2 N–H and O–H groups in total. The maximum atomic E-state index is 12.7. The number of rotatable bonds is 6. The van der Waals surface area contributed by atoms with E-state index < -0.39 is 12.1 Å².